The maximum atomic E-state index is 4.08. The van der Waals surface area contributed by atoms with Crippen molar-refractivity contribution in [2.45, 2.75) is 65.1 Å². The maximum Gasteiger partial charge on any atom is 0.146 e. The van der Waals surface area contributed by atoms with E-state index in [9.17, 15) is 0 Å². The molecule has 0 saturated heterocycles. The van der Waals surface area contributed by atoms with Crippen molar-refractivity contribution in [3.8, 4) is 45.6 Å². The molecule has 45 heavy (non-hydrogen) atoms. The molecule has 0 radical (unpaired) electrons. The Morgan fingerprint density at radius 3 is 1.47 bits per heavy atom. The van der Waals surface area contributed by atoms with Crippen molar-refractivity contribution in [3.05, 3.63) is 93.0 Å². The molecule has 4 aromatic carbocycles. The van der Waals surface area contributed by atoms with Gasteiger partial charge in [0.1, 0.15) is 8.07 Å². The molecule has 220 valence electrons. The van der Waals surface area contributed by atoms with Crippen LogP contribution in [0.25, 0.3) is 64.3 Å². The summed E-state index contributed by atoms with van der Waals surface area (Å²) >= 11 is 3.78. The molecule has 2 aliphatic rings. The van der Waals surface area contributed by atoms with E-state index >= 15 is 0 Å². The first kappa shape index (κ1) is 28.6. The number of thiophene rings is 2. The molecule has 6 aromatic rings. The quantitative estimate of drug-likeness (QED) is 0.134. The SMILES string of the molecule is CC#CC1=c2cc3cc4c(cc3cc2-c2c1sc1ccccc21)=C(C#C[Si](C(C)C)(C(C)C)C(C)C)c1sc2ccccc2c1-4. The Balaban J connectivity index is 1.46. The lowest BCUT2D eigenvalue weighted by Crippen LogP contribution is -2.43. The van der Waals surface area contributed by atoms with Crippen LogP contribution in [0.3, 0.4) is 0 Å². The van der Waals surface area contributed by atoms with E-state index in [-0.39, 0.29) is 0 Å². The standard InChI is InChI=1S/C42H36S2Si/c1-8-13-29-33-20-27-23-36-34(21-28(27)22-35(33)39-31-14-9-11-16-37(31)43-41(29)39)30(18-19-45(24(2)3,25(4)5)26(6)7)42-40(36)32-15-10-12-17-38(32)44-42/h9-12,14-17,20-26H,1-7H3. The van der Waals surface area contributed by atoms with Crippen LogP contribution < -0.4 is 10.4 Å². The molecule has 2 heterocycles. The highest BCUT2D eigenvalue weighted by Crippen LogP contribution is 2.47. The van der Waals surface area contributed by atoms with Crippen molar-refractivity contribution in [2.24, 2.45) is 0 Å². The first-order valence-electron chi connectivity index (χ1n) is 16.1. The summed E-state index contributed by atoms with van der Waals surface area (Å²) in [6, 6.07) is 27.4. The summed E-state index contributed by atoms with van der Waals surface area (Å²) in [5.41, 5.74) is 13.6. The molecule has 0 nitrogen and oxygen atoms in total. The summed E-state index contributed by atoms with van der Waals surface area (Å²) in [5, 5.41) is 7.78. The predicted octanol–water partition coefficient (Wildman–Crippen LogP) is 10.9. The zero-order chi connectivity index (χ0) is 31.2. The first-order valence-corrected chi connectivity index (χ1v) is 20.0. The maximum absolute atomic E-state index is 4.08. The van der Waals surface area contributed by atoms with Gasteiger partial charge < -0.3 is 0 Å². The highest BCUT2D eigenvalue weighted by Gasteiger charge is 2.42. The molecule has 0 unspecified atom stereocenters. The van der Waals surface area contributed by atoms with Crippen molar-refractivity contribution in [1.29, 1.82) is 0 Å². The van der Waals surface area contributed by atoms with Gasteiger partial charge in [-0.2, -0.15) is 0 Å². The molecule has 8 rings (SSSR count). The lowest BCUT2D eigenvalue weighted by atomic mass is 9.97. The largest absolute Gasteiger partial charge is 0.146 e. The fourth-order valence-corrected chi connectivity index (χ4v) is 16.0. The van der Waals surface area contributed by atoms with Crippen LogP contribution in [0.2, 0.25) is 16.6 Å². The monoisotopic (exact) mass is 632 g/mol. The van der Waals surface area contributed by atoms with Crippen molar-refractivity contribution >= 4 is 72.8 Å². The van der Waals surface area contributed by atoms with Gasteiger partial charge in [-0.1, -0.05) is 89.8 Å². The third-order valence-electron chi connectivity index (χ3n) is 10.4. The molecule has 0 bridgehead atoms. The van der Waals surface area contributed by atoms with Crippen LogP contribution in [0.1, 0.15) is 58.2 Å². The second-order valence-corrected chi connectivity index (χ2v) is 21.2. The molecule has 0 N–H and O–H groups in total. The molecule has 0 amide bonds. The number of rotatable bonds is 3. The van der Waals surface area contributed by atoms with Gasteiger partial charge in [-0.05, 0) is 81.8 Å². The highest BCUT2D eigenvalue weighted by molar-refractivity contribution is 7.21. The van der Waals surface area contributed by atoms with E-state index in [2.05, 4.69) is 138 Å². The van der Waals surface area contributed by atoms with Crippen molar-refractivity contribution in [1.82, 2.24) is 0 Å². The fourth-order valence-electron chi connectivity index (χ4n) is 8.38. The minimum atomic E-state index is -1.91. The smallest absolute Gasteiger partial charge is 0.134 e. The van der Waals surface area contributed by atoms with Gasteiger partial charge in [0.25, 0.3) is 0 Å². The minimum Gasteiger partial charge on any atom is -0.134 e. The van der Waals surface area contributed by atoms with E-state index in [4.69, 9.17) is 0 Å². The summed E-state index contributed by atoms with van der Waals surface area (Å²) in [6.07, 6.45) is 0. The van der Waals surface area contributed by atoms with Gasteiger partial charge in [-0.3, -0.25) is 0 Å². The zero-order valence-electron chi connectivity index (χ0n) is 27.0. The van der Waals surface area contributed by atoms with E-state index in [1.54, 1.807) is 0 Å². The van der Waals surface area contributed by atoms with Crippen LogP contribution in [-0.2, 0) is 0 Å². The number of fused-ring (bicyclic) bond motifs is 11. The van der Waals surface area contributed by atoms with Gasteiger partial charge >= 0.3 is 0 Å². The van der Waals surface area contributed by atoms with Crippen LogP contribution in [-0.4, -0.2) is 8.07 Å². The molecule has 0 atom stereocenters. The average Bonchev–Trinajstić information content (AvgIpc) is 3.73. The topological polar surface area (TPSA) is 0 Å². The second kappa shape index (κ2) is 10.3. The van der Waals surface area contributed by atoms with E-state index in [1.807, 2.05) is 29.6 Å². The number of hydrogen-bond acceptors (Lipinski definition) is 2. The number of benzene rings is 4. The third kappa shape index (κ3) is 3.98. The zero-order valence-corrected chi connectivity index (χ0v) is 29.6. The molecular formula is C42H36S2Si. The van der Waals surface area contributed by atoms with Crippen LogP contribution >= 0.6 is 22.7 Å². The van der Waals surface area contributed by atoms with E-state index < -0.39 is 8.07 Å². The van der Waals surface area contributed by atoms with Gasteiger partial charge in [0, 0.05) is 47.3 Å². The Labute approximate surface area is 275 Å². The third-order valence-corrected chi connectivity index (χ3v) is 19.0. The Morgan fingerprint density at radius 2 is 1.02 bits per heavy atom. The molecule has 3 heteroatoms. The van der Waals surface area contributed by atoms with Gasteiger partial charge in [0.15, 0.2) is 0 Å². The van der Waals surface area contributed by atoms with Crippen LogP contribution in [0.15, 0.2) is 72.8 Å². The first-order chi connectivity index (χ1) is 21.7. The van der Waals surface area contributed by atoms with E-state index in [0.29, 0.717) is 16.6 Å². The molecular weight excluding hydrogens is 597 g/mol. The summed E-state index contributed by atoms with van der Waals surface area (Å²) in [5.74, 6) is 10.6. The minimum absolute atomic E-state index is 0.596. The Kier molecular flexibility index (Phi) is 6.57. The summed E-state index contributed by atoms with van der Waals surface area (Å²) in [7, 11) is -1.91. The normalized spacial score (nSPS) is 13.4. The Morgan fingerprint density at radius 1 is 0.578 bits per heavy atom. The molecule has 0 aliphatic heterocycles. The molecule has 0 saturated carbocycles. The summed E-state index contributed by atoms with van der Waals surface area (Å²) in [6.45, 7) is 16.4. The van der Waals surface area contributed by atoms with E-state index in [0.717, 1.165) is 0 Å². The van der Waals surface area contributed by atoms with Crippen molar-refractivity contribution < 1.29 is 0 Å². The van der Waals surface area contributed by atoms with Crippen LogP contribution in [0.5, 0.6) is 0 Å². The Bertz CT molecular complexity index is 2470. The van der Waals surface area contributed by atoms with Gasteiger partial charge in [-0.25, -0.2) is 0 Å². The van der Waals surface area contributed by atoms with Gasteiger partial charge in [0.05, 0.1) is 15.3 Å². The highest BCUT2D eigenvalue weighted by atomic mass is 32.1. The molecule has 2 aromatic heterocycles. The van der Waals surface area contributed by atoms with Gasteiger partial charge in [0.2, 0.25) is 0 Å². The lowest BCUT2D eigenvalue weighted by molar-refractivity contribution is 0.838. The summed E-state index contributed by atoms with van der Waals surface area (Å²) < 4.78 is 2.67. The van der Waals surface area contributed by atoms with Crippen LogP contribution in [0, 0.1) is 23.3 Å². The summed E-state index contributed by atoms with van der Waals surface area (Å²) in [4.78, 5) is 2.65. The van der Waals surface area contributed by atoms with E-state index in [1.165, 1.54) is 84.5 Å². The average molecular weight is 633 g/mol. The Hall–Kier alpha value is -3.86. The van der Waals surface area contributed by atoms with Crippen molar-refractivity contribution in [3.63, 3.8) is 0 Å². The number of hydrogen-bond donors (Lipinski definition) is 0. The lowest BCUT2D eigenvalue weighted by Gasteiger charge is -2.38. The fraction of sp³-hybridized carbons (Fsp3) is 0.238. The molecule has 2 aliphatic carbocycles. The van der Waals surface area contributed by atoms with Gasteiger partial charge in [-0.15, -0.1) is 34.1 Å². The second-order valence-electron chi connectivity index (χ2n) is 13.5. The molecule has 0 spiro atoms. The molecule has 0 fully saturated rings. The predicted molar refractivity (Wildman–Crippen MR) is 202 cm³/mol. The van der Waals surface area contributed by atoms with Crippen LogP contribution in [0.4, 0.5) is 0 Å². The van der Waals surface area contributed by atoms with Crippen molar-refractivity contribution in [2.75, 3.05) is 0 Å².